The van der Waals surface area contributed by atoms with Crippen LogP contribution in [0.25, 0.3) is 0 Å². The van der Waals surface area contributed by atoms with Crippen molar-refractivity contribution in [1.82, 2.24) is 20.2 Å². The molecule has 2 fully saturated rings. The average molecular weight is 359 g/mol. The Labute approximate surface area is 155 Å². The third-order valence-corrected chi connectivity index (χ3v) is 5.31. The molecule has 1 aromatic heterocycles. The van der Waals surface area contributed by atoms with Crippen LogP contribution in [0.5, 0.6) is 0 Å². The maximum absolute atomic E-state index is 12.4. The number of aromatic nitrogens is 2. The Bertz CT molecular complexity index is 587. The van der Waals surface area contributed by atoms with Gasteiger partial charge in [-0.15, -0.1) is 0 Å². The molecular weight excluding hydrogens is 330 g/mol. The van der Waals surface area contributed by atoms with Crippen molar-refractivity contribution in [2.45, 2.75) is 44.9 Å². The van der Waals surface area contributed by atoms with Crippen LogP contribution in [0.15, 0.2) is 18.6 Å². The fourth-order valence-electron chi connectivity index (χ4n) is 3.73. The normalized spacial score (nSPS) is 19.3. The molecule has 0 atom stereocenters. The highest BCUT2D eigenvalue weighted by Gasteiger charge is 2.25. The van der Waals surface area contributed by atoms with Gasteiger partial charge in [-0.2, -0.15) is 0 Å². The van der Waals surface area contributed by atoms with E-state index in [0.29, 0.717) is 13.0 Å². The molecule has 0 aromatic carbocycles. The van der Waals surface area contributed by atoms with Gasteiger partial charge >= 0.3 is 0 Å². The molecule has 3 heterocycles. The SMILES string of the molecule is O=C(NCCCN1CCCCCC1=O)C1CCN(c2cnccn2)CC1. The summed E-state index contributed by atoms with van der Waals surface area (Å²) in [4.78, 5) is 36.9. The molecule has 2 aliphatic heterocycles. The Kier molecular flexibility index (Phi) is 6.80. The molecular formula is C19H29N5O2. The van der Waals surface area contributed by atoms with Crippen molar-refractivity contribution in [2.24, 2.45) is 5.92 Å². The lowest BCUT2D eigenvalue weighted by molar-refractivity contribution is -0.130. The maximum atomic E-state index is 12.4. The van der Waals surface area contributed by atoms with Gasteiger partial charge in [0.05, 0.1) is 6.20 Å². The third-order valence-electron chi connectivity index (χ3n) is 5.31. The van der Waals surface area contributed by atoms with Crippen molar-refractivity contribution in [3.8, 4) is 0 Å². The number of nitrogens with one attached hydrogen (secondary N) is 1. The topological polar surface area (TPSA) is 78.4 Å². The number of anilines is 1. The number of hydrogen-bond acceptors (Lipinski definition) is 5. The highest BCUT2D eigenvalue weighted by Crippen LogP contribution is 2.21. The summed E-state index contributed by atoms with van der Waals surface area (Å²) in [5, 5.41) is 3.05. The molecule has 0 spiro atoms. The number of rotatable bonds is 6. The van der Waals surface area contributed by atoms with E-state index in [-0.39, 0.29) is 17.7 Å². The Morgan fingerprint density at radius 1 is 1.15 bits per heavy atom. The van der Waals surface area contributed by atoms with Crippen LogP contribution in [-0.4, -0.2) is 59.4 Å². The van der Waals surface area contributed by atoms with Gasteiger partial charge in [0.15, 0.2) is 0 Å². The van der Waals surface area contributed by atoms with Crippen LogP contribution >= 0.6 is 0 Å². The highest BCUT2D eigenvalue weighted by molar-refractivity contribution is 5.79. The number of piperidine rings is 1. The van der Waals surface area contributed by atoms with Crippen molar-refractivity contribution in [2.75, 3.05) is 37.6 Å². The van der Waals surface area contributed by atoms with E-state index in [0.717, 1.165) is 70.5 Å². The summed E-state index contributed by atoms with van der Waals surface area (Å²) < 4.78 is 0. The smallest absolute Gasteiger partial charge is 0.223 e. The van der Waals surface area contributed by atoms with Crippen LogP contribution in [0.3, 0.4) is 0 Å². The summed E-state index contributed by atoms with van der Waals surface area (Å²) >= 11 is 0. The van der Waals surface area contributed by atoms with E-state index in [1.807, 2.05) is 4.90 Å². The molecule has 2 aliphatic rings. The molecule has 26 heavy (non-hydrogen) atoms. The van der Waals surface area contributed by atoms with Gasteiger partial charge in [0.2, 0.25) is 11.8 Å². The van der Waals surface area contributed by atoms with Crippen LogP contribution in [0, 0.1) is 5.92 Å². The molecule has 1 aromatic rings. The molecule has 3 rings (SSSR count). The van der Waals surface area contributed by atoms with Gasteiger partial charge in [-0.1, -0.05) is 6.42 Å². The lowest BCUT2D eigenvalue weighted by Crippen LogP contribution is -2.41. The monoisotopic (exact) mass is 359 g/mol. The summed E-state index contributed by atoms with van der Waals surface area (Å²) in [6.45, 7) is 3.93. The molecule has 0 bridgehead atoms. The minimum absolute atomic E-state index is 0.0720. The van der Waals surface area contributed by atoms with E-state index >= 15 is 0 Å². The lowest BCUT2D eigenvalue weighted by atomic mass is 9.96. The Morgan fingerprint density at radius 3 is 2.77 bits per heavy atom. The first-order valence-corrected chi connectivity index (χ1v) is 9.80. The highest BCUT2D eigenvalue weighted by atomic mass is 16.2. The van der Waals surface area contributed by atoms with Crippen molar-refractivity contribution in [1.29, 1.82) is 0 Å². The minimum Gasteiger partial charge on any atom is -0.356 e. The van der Waals surface area contributed by atoms with Crippen LogP contribution in [-0.2, 0) is 9.59 Å². The number of likely N-dealkylation sites (tertiary alicyclic amines) is 1. The standard InChI is InChI=1S/C19H29N5O2/c25-18-5-2-1-3-11-24(18)12-4-8-22-19(26)16-6-13-23(14-7-16)17-15-20-9-10-21-17/h9-10,15-16H,1-8,11-14H2,(H,22,26). The van der Waals surface area contributed by atoms with E-state index in [2.05, 4.69) is 20.2 Å². The first kappa shape index (κ1) is 18.6. The molecule has 2 saturated heterocycles. The van der Waals surface area contributed by atoms with Crippen LogP contribution in [0.1, 0.15) is 44.9 Å². The van der Waals surface area contributed by atoms with E-state index < -0.39 is 0 Å². The van der Waals surface area contributed by atoms with Gasteiger partial charge in [-0.3, -0.25) is 14.6 Å². The summed E-state index contributed by atoms with van der Waals surface area (Å²) in [5.41, 5.74) is 0. The largest absolute Gasteiger partial charge is 0.356 e. The number of amides is 2. The third kappa shape index (κ3) is 5.16. The zero-order valence-electron chi connectivity index (χ0n) is 15.4. The Morgan fingerprint density at radius 2 is 2.00 bits per heavy atom. The van der Waals surface area contributed by atoms with Gasteiger partial charge < -0.3 is 15.1 Å². The number of hydrogen-bond donors (Lipinski definition) is 1. The second-order valence-electron chi connectivity index (χ2n) is 7.16. The molecule has 142 valence electrons. The number of carbonyl (C=O) groups excluding carboxylic acids is 2. The molecule has 7 heteroatoms. The zero-order chi connectivity index (χ0) is 18.2. The second-order valence-corrected chi connectivity index (χ2v) is 7.16. The average Bonchev–Trinajstić information content (AvgIpc) is 2.90. The predicted octanol–water partition coefficient (Wildman–Crippen LogP) is 1.60. The zero-order valence-corrected chi connectivity index (χ0v) is 15.4. The van der Waals surface area contributed by atoms with E-state index in [1.54, 1.807) is 18.6 Å². The Hall–Kier alpha value is -2.18. The first-order valence-electron chi connectivity index (χ1n) is 9.80. The Balaban J connectivity index is 1.33. The predicted molar refractivity (Wildman–Crippen MR) is 99.6 cm³/mol. The maximum Gasteiger partial charge on any atom is 0.223 e. The van der Waals surface area contributed by atoms with Crippen LogP contribution in [0.2, 0.25) is 0 Å². The summed E-state index contributed by atoms with van der Waals surface area (Å²) in [6, 6.07) is 0. The van der Waals surface area contributed by atoms with Crippen molar-refractivity contribution in [3.05, 3.63) is 18.6 Å². The van der Waals surface area contributed by atoms with Gasteiger partial charge in [0.1, 0.15) is 5.82 Å². The quantitative estimate of drug-likeness (QED) is 0.781. The van der Waals surface area contributed by atoms with Gasteiger partial charge in [0, 0.05) is 57.5 Å². The van der Waals surface area contributed by atoms with E-state index in [1.165, 1.54) is 0 Å². The van der Waals surface area contributed by atoms with Gasteiger partial charge in [-0.25, -0.2) is 4.98 Å². The van der Waals surface area contributed by atoms with Gasteiger partial charge in [0.25, 0.3) is 0 Å². The summed E-state index contributed by atoms with van der Waals surface area (Å²) in [5.74, 6) is 1.37. The van der Waals surface area contributed by atoms with Gasteiger partial charge in [-0.05, 0) is 32.1 Å². The molecule has 7 nitrogen and oxygen atoms in total. The first-order chi connectivity index (χ1) is 12.7. The van der Waals surface area contributed by atoms with Crippen molar-refractivity contribution < 1.29 is 9.59 Å². The number of nitrogens with zero attached hydrogens (tertiary/aromatic N) is 4. The van der Waals surface area contributed by atoms with E-state index in [9.17, 15) is 9.59 Å². The summed E-state index contributed by atoms with van der Waals surface area (Å²) in [7, 11) is 0. The molecule has 0 radical (unpaired) electrons. The molecule has 0 saturated carbocycles. The fraction of sp³-hybridized carbons (Fsp3) is 0.684. The van der Waals surface area contributed by atoms with Crippen molar-refractivity contribution >= 4 is 17.6 Å². The molecule has 2 amide bonds. The second kappa shape index (κ2) is 9.50. The fourth-order valence-corrected chi connectivity index (χ4v) is 3.73. The van der Waals surface area contributed by atoms with Crippen LogP contribution < -0.4 is 10.2 Å². The molecule has 0 aliphatic carbocycles. The minimum atomic E-state index is 0.0720. The van der Waals surface area contributed by atoms with Crippen LogP contribution in [0.4, 0.5) is 5.82 Å². The molecule has 0 unspecified atom stereocenters. The molecule has 1 N–H and O–H groups in total. The summed E-state index contributed by atoms with van der Waals surface area (Å²) in [6.07, 6.45) is 11.6. The number of carbonyl (C=O) groups is 2. The lowest BCUT2D eigenvalue weighted by Gasteiger charge is -2.31. The van der Waals surface area contributed by atoms with E-state index in [4.69, 9.17) is 0 Å². The van der Waals surface area contributed by atoms with Crippen molar-refractivity contribution in [3.63, 3.8) is 0 Å².